The largest absolute Gasteiger partial charge is 0.326 e. The van der Waals surface area contributed by atoms with Crippen molar-refractivity contribution in [3.05, 3.63) is 45.3 Å². The van der Waals surface area contributed by atoms with Gasteiger partial charge in [0.2, 0.25) is 5.91 Å². The SMILES string of the molecule is O=C(Nc1nc(-c2cccs2)cs1)C1CCCN1C(=O)c1cccs1. The molecule has 1 atom stereocenters. The van der Waals surface area contributed by atoms with E-state index in [1.807, 2.05) is 34.3 Å². The molecule has 8 heteroatoms. The third kappa shape index (κ3) is 3.37. The summed E-state index contributed by atoms with van der Waals surface area (Å²) in [5.41, 5.74) is 0.869. The number of aromatic nitrogens is 1. The first-order valence-corrected chi connectivity index (χ1v) is 10.5. The van der Waals surface area contributed by atoms with Gasteiger partial charge in [-0.3, -0.25) is 9.59 Å². The molecule has 1 unspecified atom stereocenters. The van der Waals surface area contributed by atoms with Crippen LogP contribution in [-0.4, -0.2) is 34.3 Å². The number of likely N-dealkylation sites (tertiary alicyclic amines) is 1. The second-order valence-electron chi connectivity index (χ2n) is 5.64. The monoisotopic (exact) mass is 389 g/mol. The van der Waals surface area contributed by atoms with Crippen LogP contribution in [0.4, 0.5) is 5.13 Å². The van der Waals surface area contributed by atoms with E-state index in [0.717, 1.165) is 17.0 Å². The molecule has 1 fully saturated rings. The summed E-state index contributed by atoms with van der Waals surface area (Å²) in [6, 6.07) is 7.20. The summed E-state index contributed by atoms with van der Waals surface area (Å²) in [4.78, 5) is 33.1. The Kier molecular flexibility index (Phi) is 4.65. The number of hydrogen-bond donors (Lipinski definition) is 1. The molecule has 5 nitrogen and oxygen atoms in total. The predicted molar refractivity (Wildman–Crippen MR) is 102 cm³/mol. The summed E-state index contributed by atoms with van der Waals surface area (Å²) >= 11 is 4.43. The van der Waals surface area contributed by atoms with Crippen molar-refractivity contribution in [1.29, 1.82) is 0 Å². The van der Waals surface area contributed by atoms with E-state index < -0.39 is 6.04 Å². The van der Waals surface area contributed by atoms with Crippen LogP contribution in [0.1, 0.15) is 22.5 Å². The van der Waals surface area contributed by atoms with Crippen LogP contribution in [0.3, 0.4) is 0 Å². The highest BCUT2D eigenvalue weighted by atomic mass is 32.1. The Hall–Kier alpha value is -2.03. The van der Waals surface area contributed by atoms with Gasteiger partial charge in [0, 0.05) is 11.9 Å². The first-order valence-electron chi connectivity index (χ1n) is 7.87. The number of carbonyl (C=O) groups excluding carboxylic acids is 2. The molecule has 0 spiro atoms. The van der Waals surface area contributed by atoms with Crippen molar-refractivity contribution in [3.63, 3.8) is 0 Å². The van der Waals surface area contributed by atoms with Gasteiger partial charge in [0.25, 0.3) is 5.91 Å². The molecule has 1 saturated heterocycles. The van der Waals surface area contributed by atoms with Gasteiger partial charge in [-0.15, -0.1) is 34.0 Å². The minimum Gasteiger partial charge on any atom is -0.326 e. The molecule has 0 bridgehead atoms. The van der Waals surface area contributed by atoms with E-state index in [1.54, 1.807) is 22.3 Å². The quantitative estimate of drug-likeness (QED) is 0.728. The van der Waals surface area contributed by atoms with Gasteiger partial charge in [0.05, 0.1) is 15.4 Å². The van der Waals surface area contributed by atoms with Crippen LogP contribution >= 0.6 is 34.0 Å². The number of thiazole rings is 1. The molecule has 1 N–H and O–H groups in total. The molecular weight excluding hydrogens is 374 g/mol. The summed E-state index contributed by atoms with van der Waals surface area (Å²) < 4.78 is 0. The Balaban J connectivity index is 1.46. The number of carbonyl (C=O) groups is 2. The van der Waals surface area contributed by atoms with Crippen molar-refractivity contribution in [2.75, 3.05) is 11.9 Å². The molecule has 128 valence electrons. The topological polar surface area (TPSA) is 62.3 Å². The summed E-state index contributed by atoms with van der Waals surface area (Å²) in [7, 11) is 0. The fourth-order valence-corrected chi connectivity index (χ4v) is 5.03. The van der Waals surface area contributed by atoms with Gasteiger partial charge in [-0.05, 0) is 35.7 Å². The van der Waals surface area contributed by atoms with E-state index in [1.165, 1.54) is 22.7 Å². The summed E-state index contributed by atoms with van der Waals surface area (Å²) in [5.74, 6) is -0.222. The van der Waals surface area contributed by atoms with Crippen molar-refractivity contribution in [2.24, 2.45) is 0 Å². The Bertz CT molecular complexity index is 871. The van der Waals surface area contributed by atoms with Gasteiger partial charge >= 0.3 is 0 Å². The summed E-state index contributed by atoms with van der Waals surface area (Å²) in [5, 5.41) is 9.26. The molecule has 25 heavy (non-hydrogen) atoms. The Morgan fingerprint density at radius 1 is 1.16 bits per heavy atom. The zero-order valence-electron chi connectivity index (χ0n) is 13.2. The average molecular weight is 390 g/mol. The number of nitrogens with one attached hydrogen (secondary N) is 1. The highest BCUT2D eigenvalue weighted by Crippen LogP contribution is 2.29. The normalized spacial score (nSPS) is 17.0. The summed E-state index contributed by atoms with van der Waals surface area (Å²) in [6.07, 6.45) is 1.53. The van der Waals surface area contributed by atoms with Gasteiger partial charge in [-0.1, -0.05) is 12.1 Å². The second-order valence-corrected chi connectivity index (χ2v) is 8.39. The molecule has 1 aliphatic rings. The molecule has 4 rings (SSSR count). The van der Waals surface area contributed by atoms with E-state index in [-0.39, 0.29) is 11.8 Å². The van der Waals surface area contributed by atoms with Crippen molar-refractivity contribution < 1.29 is 9.59 Å². The molecule has 2 amide bonds. The zero-order valence-corrected chi connectivity index (χ0v) is 15.6. The maximum Gasteiger partial charge on any atom is 0.264 e. The minimum absolute atomic E-state index is 0.0638. The lowest BCUT2D eigenvalue weighted by atomic mass is 10.2. The van der Waals surface area contributed by atoms with Crippen LogP contribution in [0, 0.1) is 0 Å². The third-order valence-corrected chi connectivity index (χ3v) is 6.56. The molecular formula is C17H15N3O2S3. The lowest BCUT2D eigenvalue weighted by Gasteiger charge is -2.22. The maximum atomic E-state index is 12.7. The van der Waals surface area contributed by atoms with Gasteiger partial charge in [-0.25, -0.2) is 4.98 Å². The van der Waals surface area contributed by atoms with E-state index in [2.05, 4.69) is 10.3 Å². The van der Waals surface area contributed by atoms with Gasteiger partial charge in [-0.2, -0.15) is 0 Å². The highest BCUT2D eigenvalue weighted by Gasteiger charge is 2.35. The number of hydrogen-bond acceptors (Lipinski definition) is 6. The van der Waals surface area contributed by atoms with Crippen molar-refractivity contribution in [2.45, 2.75) is 18.9 Å². The number of thiophene rings is 2. The van der Waals surface area contributed by atoms with Crippen LogP contribution in [0.25, 0.3) is 10.6 Å². The van der Waals surface area contributed by atoms with Crippen molar-refractivity contribution >= 4 is 51.0 Å². The number of anilines is 1. The van der Waals surface area contributed by atoms with Gasteiger partial charge in [0.1, 0.15) is 6.04 Å². The first-order chi connectivity index (χ1) is 12.2. The lowest BCUT2D eigenvalue weighted by Crippen LogP contribution is -2.42. The van der Waals surface area contributed by atoms with Crippen LogP contribution < -0.4 is 5.32 Å². The first kappa shape index (κ1) is 16.4. The molecule has 0 aromatic carbocycles. The molecule has 0 saturated carbocycles. The third-order valence-electron chi connectivity index (χ3n) is 4.06. The minimum atomic E-state index is -0.427. The average Bonchev–Trinajstić information content (AvgIpc) is 3.42. The number of nitrogens with zero attached hydrogens (tertiary/aromatic N) is 2. The van der Waals surface area contributed by atoms with Crippen LogP contribution in [-0.2, 0) is 4.79 Å². The van der Waals surface area contributed by atoms with Crippen molar-refractivity contribution in [1.82, 2.24) is 9.88 Å². The number of amides is 2. The Morgan fingerprint density at radius 2 is 2.00 bits per heavy atom. The standard InChI is InChI=1S/C17H15N3O2S3/c21-15(19-17-18-11(10-25-17)13-5-2-8-23-13)12-4-1-7-20(12)16(22)14-6-3-9-24-14/h2-3,5-6,8-10,12H,1,4,7H2,(H,18,19,21). The van der Waals surface area contributed by atoms with Crippen LogP contribution in [0.15, 0.2) is 40.4 Å². The molecule has 3 aromatic rings. The van der Waals surface area contributed by atoms with Gasteiger partial charge in [0.15, 0.2) is 5.13 Å². The second kappa shape index (κ2) is 7.07. The molecule has 0 aliphatic carbocycles. The molecule has 3 aromatic heterocycles. The smallest absolute Gasteiger partial charge is 0.264 e. The zero-order chi connectivity index (χ0) is 17.2. The molecule has 4 heterocycles. The predicted octanol–water partition coefficient (Wildman–Crippen LogP) is 4.18. The van der Waals surface area contributed by atoms with Crippen LogP contribution in [0.2, 0.25) is 0 Å². The number of rotatable bonds is 4. The van der Waals surface area contributed by atoms with Gasteiger partial charge < -0.3 is 10.2 Å². The van der Waals surface area contributed by atoms with E-state index in [9.17, 15) is 9.59 Å². The van der Waals surface area contributed by atoms with Crippen LogP contribution in [0.5, 0.6) is 0 Å². The van der Waals surface area contributed by atoms with Crippen molar-refractivity contribution in [3.8, 4) is 10.6 Å². The fourth-order valence-electron chi connectivity index (χ4n) is 2.88. The Labute approximate surface area is 157 Å². The molecule has 1 aliphatic heterocycles. The molecule has 0 radical (unpaired) electrons. The highest BCUT2D eigenvalue weighted by molar-refractivity contribution is 7.16. The van der Waals surface area contributed by atoms with E-state index >= 15 is 0 Å². The summed E-state index contributed by atoms with van der Waals surface area (Å²) in [6.45, 7) is 0.618. The lowest BCUT2D eigenvalue weighted by molar-refractivity contribution is -0.119. The van der Waals surface area contributed by atoms with E-state index in [4.69, 9.17) is 0 Å². The maximum absolute atomic E-state index is 12.7. The fraction of sp³-hybridized carbons (Fsp3) is 0.235. The van der Waals surface area contributed by atoms with E-state index in [0.29, 0.717) is 23.0 Å². The Morgan fingerprint density at radius 3 is 2.76 bits per heavy atom.